The van der Waals surface area contributed by atoms with E-state index in [9.17, 15) is 14.3 Å². The zero-order valence-electron chi connectivity index (χ0n) is 11.9. The molecule has 1 heterocycles. The molecule has 0 radical (unpaired) electrons. The molecule has 0 saturated carbocycles. The van der Waals surface area contributed by atoms with Crippen LogP contribution in [0.5, 0.6) is 0 Å². The van der Waals surface area contributed by atoms with Crippen LogP contribution in [-0.4, -0.2) is 17.6 Å². The van der Waals surface area contributed by atoms with Crippen molar-refractivity contribution in [1.82, 2.24) is 5.32 Å². The van der Waals surface area contributed by atoms with E-state index in [0.717, 1.165) is 9.86 Å². The van der Waals surface area contributed by atoms with Crippen molar-refractivity contribution >= 4 is 32.8 Å². The van der Waals surface area contributed by atoms with Gasteiger partial charge in [0.1, 0.15) is 11.4 Å². The van der Waals surface area contributed by atoms with Crippen molar-refractivity contribution in [3.8, 4) is 0 Å². The molecule has 6 heteroatoms. The SMILES string of the molecule is O=C(NCC(O)c1ccc(F)cc1)c1cc2cccc(Br)c2o1. The average molecular weight is 378 g/mol. The summed E-state index contributed by atoms with van der Waals surface area (Å²) >= 11 is 3.36. The fourth-order valence-corrected chi connectivity index (χ4v) is 2.68. The van der Waals surface area contributed by atoms with Crippen molar-refractivity contribution in [3.63, 3.8) is 0 Å². The van der Waals surface area contributed by atoms with E-state index in [1.54, 1.807) is 6.07 Å². The summed E-state index contributed by atoms with van der Waals surface area (Å²) in [6, 6.07) is 12.6. The van der Waals surface area contributed by atoms with Gasteiger partial charge in [0.25, 0.3) is 5.91 Å². The molecule has 0 spiro atoms. The van der Waals surface area contributed by atoms with Crippen LogP contribution in [0.15, 0.2) is 57.4 Å². The first kappa shape index (κ1) is 15.7. The second kappa shape index (κ2) is 6.52. The van der Waals surface area contributed by atoms with Gasteiger partial charge in [-0.2, -0.15) is 0 Å². The van der Waals surface area contributed by atoms with Crippen LogP contribution in [0.3, 0.4) is 0 Å². The first-order chi connectivity index (χ1) is 11.0. The lowest BCUT2D eigenvalue weighted by Crippen LogP contribution is -2.28. The second-order valence-electron chi connectivity index (χ2n) is 5.05. The number of hydrogen-bond acceptors (Lipinski definition) is 3. The molecule has 1 aromatic heterocycles. The highest BCUT2D eigenvalue weighted by atomic mass is 79.9. The maximum atomic E-state index is 12.9. The number of nitrogens with one attached hydrogen (secondary N) is 1. The lowest BCUT2D eigenvalue weighted by Gasteiger charge is -2.11. The van der Waals surface area contributed by atoms with Crippen LogP contribution >= 0.6 is 15.9 Å². The molecule has 0 aliphatic rings. The van der Waals surface area contributed by atoms with Crippen LogP contribution < -0.4 is 5.32 Å². The van der Waals surface area contributed by atoms with Crippen molar-refractivity contribution in [2.24, 2.45) is 0 Å². The molecule has 3 rings (SSSR count). The van der Waals surface area contributed by atoms with Crippen LogP contribution in [0.25, 0.3) is 11.0 Å². The summed E-state index contributed by atoms with van der Waals surface area (Å²) in [5.74, 6) is -0.634. The maximum Gasteiger partial charge on any atom is 0.287 e. The normalized spacial score (nSPS) is 12.3. The maximum absolute atomic E-state index is 12.9. The smallest absolute Gasteiger partial charge is 0.287 e. The van der Waals surface area contributed by atoms with Crippen LogP contribution in [0.1, 0.15) is 22.2 Å². The summed E-state index contributed by atoms with van der Waals surface area (Å²) in [7, 11) is 0. The number of aliphatic hydroxyl groups is 1. The Hall–Kier alpha value is -2.18. The molecular weight excluding hydrogens is 365 g/mol. The van der Waals surface area contributed by atoms with Gasteiger partial charge in [0.05, 0.1) is 10.6 Å². The first-order valence-electron chi connectivity index (χ1n) is 6.94. The van der Waals surface area contributed by atoms with Gasteiger partial charge < -0.3 is 14.8 Å². The Bertz CT molecular complexity index is 845. The summed E-state index contributed by atoms with van der Waals surface area (Å²) in [6.45, 7) is 0.00266. The largest absolute Gasteiger partial charge is 0.450 e. The molecule has 3 aromatic rings. The third kappa shape index (κ3) is 3.43. The van der Waals surface area contributed by atoms with E-state index in [2.05, 4.69) is 21.2 Å². The highest BCUT2D eigenvalue weighted by Gasteiger charge is 2.15. The number of furan rings is 1. The summed E-state index contributed by atoms with van der Waals surface area (Å²) in [5.41, 5.74) is 1.12. The standard InChI is InChI=1S/C17H13BrFNO3/c18-13-3-1-2-11-8-15(23-16(11)13)17(22)20-9-14(21)10-4-6-12(19)7-5-10/h1-8,14,21H,9H2,(H,20,22). The van der Waals surface area contributed by atoms with Crippen molar-refractivity contribution < 1.29 is 18.7 Å². The first-order valence-corrected chi connectivity index (χ1v) is 7.73. The van der Waals surface area contributed by atoms with Gasteiger partial charge in [-0.25, -0.2) is 4.39 Å². The number of aliphatic hydroxyl groups excluding tert-OH is 1. The number of carbonyl (C=O) groups excluding carboxylic acids is 1. The van der Waals surface area contributed by atoms with Crippen molar-refractivity contribution in [1.29, 1.82) is 0 Å². The van der Waals surface area contributed by atoms with Crippen LogP contribution in [-0.2, 0) is 0 Å². The Labute approximate surface area is 140 Å². The molecule has 1 amide bonds. The minimum Gasteiger partial charge on any atom is -0.450 e. The third-order valence-corrected chi connectivity index (χ3v) is 4.06. The topological polar surface area (TPSA) is 62.5 Å². The van der Waals surface area contributed by atoms with Crippen molar-refractivity contribution in [3.05, 3.63) is 70.1 Å². The van der Waals surface area contributed by atoms with Gasteiger partial charge in [0.15, 0.2) is 5.76 Å². The van der Waals surface area contributed by atoms with Gasteiger partial charge in [-0.1, -0.05) is 24.3 Å². The van der Waals surface area contributed by atoms with E-state index < -0.39 is 12.0 Å². The third-order valence-electron chi connectivity index (χ3n) is 3.43. The minimum absolute atomic E-state index is 0.00266. The van der Waals surface area contributed by atoms with Gasteiger partial charge >= 0.3 is 0 Å². The molecule has 0 fully saturated rings. The number of benzene rings is 2. The molecule has 2 aromatic carbocycles. The molecule has 4 nitrogen and oxygen atoms in total. The molecule has 23 heavy (non-hydrogen) atoms. The number of halogens is 2. The Kier molecular flexibility index (Phi) is 4.45. The Balaban J connectivity index is 1.68. The van der Waals surface area contributed by atoms with Crippen molar-refractivity contribution in [2.45, 2.75) is 6.10 Å². The predicted octanol–water partition coefficient (Wildman–Crippen LogP) is 3.80. The van der Waals surface area contributed by atoms with E-state index in [1.165, 1.54) is 24.3 Å². The van der Waals surface area contributed by atoms with E-state index in [-0.39, 0.29) is 18.1 Å². The number of carbonyl (C=O) groups is 1. The Morgan fingerprint density at radius 2 is 2.00 bits per heavy atom. The number of fused-ring (bicyclic) bond motifs is 1. The van der Waals surface area contributed by atoms with Crippen LogP contribution in [0.4, 0.5) is 4.39 Å². The average Bonchev–Trinajstić information content (AvgIpc) is 2.99. The number of rotatable bonds is 4. The van der Waals surface area contributed by atoms with E-state index >= 15 is 0 Å². The molecular formula is C17H13BrFNO3. The van der Waals surface area contributed by atoms with E-state index in [0.29, 0.717) is 11.1 Å². The highest BCUT2D eigenvalue weighted by molar-refractivity contribution is 9.10. The van der Waals surface area contributed by atoms with E-state index in [1.807, 2.05) is 18.2 Å². The zero-order valence-corrected chi connectivity index (χ0v) is 13.5. The van der Waals surface area contributed by atoms with Gasteiger partial charge in [-0.05, 0) is 45.8 Å². The minimum atomic E-state index is -0.921. The fraction of sp³-hybridized carbons (Fsp3) is 0.118. The summed E-state index contributed by atoms with van der Waals surface area (Å²) in [6.07, 6.45) is -0.921. The second-order valence-corrected chi connectivity index (χ2v) is 5.90. The van der Waals surface area contributed by atoms with Gasteiger partial charge in [-0.3, -0.25) is 4.79 Å². The van der Waals surface area contributed by atoms with Gasteiger partial charge in [0, 0.05) is 11.9 Å². The summed E-state index contributed by atoms with van der Waals surface area (Å²) in [5, 5.41) is 13.4. The number of para-hydroxylation sites is 1. The lowest BCUT2D eigenvalue weighted by atomic mass is 10.1. The molecule has 1 atom stereocenters. The van der Waals surface area contributed by atoms with Crippen molar-refractivity contribution in [2.75, 3.05) is 6.54 Å². The summed E-state index contributed by atoms with van der Waals surface area (Å²) in [4.78, 5) is 12.1. The molecule has 0 aliphatic heterocycles. The number of hydrogen-bond donors (Lipinski definition) is 2. The monoisotopic (exact) mass is 377 g/mol. The zero-order chi connectivity index (χ0) is 16.4. The fourth-order valence-electron chi connectivity index (χ4n) is 2.22. The quantitative estimate of drug-likeness (QED) is 0.726. The Morgan fingerprint density at radius 1 is 1.26 bits per heavy atom. The molecule has 0 bridgehead atoms. The molecule has 0 saturated heterocycles. The molecule has 118 valence electrons. The summed E-state index contributed by atoms with van der Waals surface area (Å²) < 4.78 is 19.1. The molecule has 2 N–H and O–H groups in total. The van der Waals surface area contributed by atoms with Gasteiger partial charge in [-0.15, -0.1) is 0 Å². The van der Waals surface area contributed by atoms with Gasteiger partial charge in [0.2, 0.25) is 0 Å². The molecule has 1 unspecified atom stereocenters. The van der Waals surface area contributed by atoms with Crippen LogP contribution in [0, 0.1) is 5.82 Å². The predicted molar refractivity (Wildman–Crippen MR) is 87.6 cm³/mol. The van der Waals surface area contributed by atoms with Crippen LogP contribution in [0.2, 0.25) is 0 Å². The molecule has 0 aliphatic carbocycles. The Morgan fingerprint density at radius 3 is 2.70 bits per heavy atom. The van der Waals surface area contributed by atoms with E-state index in [4.69, 9.17) is 4.42 Å². The highest BCUT2D eigenvalue weighted by Crippen LogP contribution is 2.27. The number of amides is 1. The lowest BCUT2D eigenvalue weighted by molar-refractivity contribution is 0.0891.